The Balaban J connectivity index is 1.60. The largest absolute Gasteiger partial charge is 0.368 e. The lowest BCUT2D eigenvalue weighted by Gasteiger charge is -2.34. The van der Waals surface area contributed by atoms with E-state index >= 15 is 0 Å². The molecule has 2 saturated heterocycles. The summed E-state index contributed by atoms with van der Waals surface area (Å²) in [5, 5.41) is 0. The Hall–Kier alpha value is -3.74. The minimum atomic E-state index is -0.900. The summed E-state index contributed by atoms with van der Waals surface area (Å²) in [6.45, 7) is 1.45. The molecule has 0 spiro atoms. The van der Waals surface area contributed by atoms with Crippen LogP contribution in [0.15, 0.2) is 54.7 Å². The molecule has 0 radical (unpaired) electrons. The molecule has 0 bridgehead atoms. The molecule has 3 heterocycles. The van der Waals surface area contributed by atoms with Crippen molar-refractivity contribution in [2.75, 3.05) is 4.90 Å². The van der Waals surface area contributed by atoms with Gasteiger partial charge in [-0.1, -0.05) is 24.3 Å². The Kier molecular flexibility index (Phi) is 3.89. The van der Waals surface area contributed by atoms with Crippen LogP contribution in [0.2, 0.25) is 0 Å². The number of hydrogen-bond acceptors (Lipinski definition) is 5. The van der Waals surface area contributed by atoms with Gasteiger partial charge in [-0.15, -0.1) is 0 Å². The summed E-state index contributed by atoms with van der Waals surface area (Å²) in [5.74, 6) is -3.11. The number of anilines is 1. The Bertz CT molecular complexity index is 1140. The second-order valence-electron chi connectivity index (χ2n) is 7.85. The molecule has 2 N–H and O–H groups in total. The standard InChI is InChI=1S/C23H19N3O4/c1-12(27)13-6-8-15(9-7-13)26-22(29)17-18(23(26)30)20(21(24)28)25-11-10-14-4-2-3-5-16(14)19(17)25/h2-11,17-20H,1H3,(H2,24,28)/t17-,18+,19+,20-/m1/s1. The molecule has 4 atom stereocenters. The number of carbonyl (C=O) groups is 4. The molecule has 0 aromatic heterocycles. The van der Waals surface area contributed by atoms with E-state index in [9.17, 15) is 19.2 Å². The van der Waals surface area contributed by atoms with Gasteiger partial charge in [0, 0.05) is 11.8 Å². The number of fused-ring (bicyclic) bond motifs is 5. The van der Waals surface area contributed by atoms with Crippen molar-refractivity contribution in [2.24, 2.45) is 17.6 Å². The first-order valence-corrected chi connectivity index (χ1v) is 9.73. The molecule has 5 rings (SSSR count). The molecule has 150 valence electrons. The summed E-state index contributed by atoms with van der Waals surface area (Å²) in [6, 6.07) is 12.6. The number of nitrogens with zero attached hydrogens (tertiary/aromatic N) is 2. The van der Waals surface area contributed by atoms with Gasteiger partial charge in [-0.2, -0.15) is 0 Å². The van der Waals surface area contributed by atoms with E-state index in [1.165, 1.54) is 6.92 Å². The Morgan fingerprint density at radius 1 is 0.933 bits per heavy atom. The second-order valence-corrected chi connectivity index (χ2v) is 7.85. The molecule has 2 aromatic rings. The summed E-state index contributed by atoms with van der Waals surface area (Å²) < 4.78 is 0. The first kappa shape index (κ1) is 18.3. The smallest absolute Gasteiger partial charge is 0.240 e. The summed E-state index contributed by atoms with van der Waals surface area (Å²) in [6.07, 6.45) is 3.63. The summed E-state index contributed by atoms with van der Waals surface area (Å²) in [4.78, 5) is 53.6. The molecule has 3 aliphatic rings. The van der Waals surface area contributed by atoms with Crippen molar-refractivity contribution in [3.63, 3.8) is 0 Å². The Morgan fingerprint density at radius 3 is 2.27 bits per heavy atom. The van der Waals surface area contributed by atoms with Gasteiger partial charge in [-0.3, -0.25) is 19.2 Å². The highest BCUT2D eigenvalue weighted by atomic mass is 16.2. The average molecular weight is 401 g/mol. The fourth-order valence-electron chi connectivity index (χ4n) is 4.98. The zero-order chi connectivity index (χ0) is 21.2. The molecular formula is C23H19N3O4. The van der Waals surface area contributed by atoms with Crippen LogP contribution in [0.4, 0.5) is 5.69 Å². The van der Waals surface area contributed by atoms with Gasteiger partial charge in [0.25, 0.3) is 0 Å². The van der Waals surface area contributed by atoms with Crippen molar-refractivity contribution in [3.05, 3.63) is 71.4 Å². The van der Waals surface area contributed by atoms with Crippen LogP contribution in [0.5, 0.6) is 0 Å². The molecule has 2 fully saturated rings. The predicted octanol–water partition coefficient (Wildman–Crippen LogP) is 1.89. The van der Waals surface area contributed by atoms with E-state index in [-0.39, 0.29) is 11.7 Å². The maximum Gasteiger partial charge on any atom is 0.240 e. The topological polar surface area (TPSA) is 101 Å². The molecule has 7 heteroatoms. The van der Waals surface area contributed by atoms with Crippen LogP contribution in [-0.2, 0) is 14.4 Å². The lowest BCUT2D eigenvalue weighted by atomic mass is 9.84. The molecule has 3 aliphatic heterocycles. The van der Waals surface area contributed by atoms with Crippen LogP contribution in [0.25, 0.3) is 6.08 Å². The van der Waals surface area contributed by atoms with E-state index in [1.54, 1.807) is 35.4 Å². The van der Waals surface area contributed by atoms with Gasteiger partial charge in [0.05, 0.1) is 23.6 Å². The molecule has 7 nitrogen and oxygen atoms in total. The lowest BCUT2D eigenvalue weighted by molar-refractivity contribution is -0.129. The number of ketones is 1. The van der Waals surface area contributed by atoms with E-state index in [0.29, 0.717) is 11.3 Å². The van der Waals surface area contributed by atoms with Crippen LogP contribution in [0, 0.1) is 11.8 Å². The quantitative estimate of drug-likeness (QED) is 0.625. The normalized spacial score (nSPS) is 26.4. The van der Waals surface area contributed by atoms with Crippen LogP contribution in [-0.4, -0.2) is 34.4 Å². The number of amides is 3. The number of imide groups is 1. The van der Waals surface area contributed by atoms with Crippen molar-refractivity contribution < 1.29 is 19.2 Å². The number of rotatable bonds is 3. The Morgan fingerprint density at radius 2 is 1.60 bits per heavy atom. The number of primary amides is 1. The lowest BCUT2D eigenvalue weighted by Crippen LogP contribution is -2.46. The minimum absolute atomic E-state index is 0.104. The number of carbonyl (C=O) groups excluding carboxylic acids is 4. The number of Topliss-reactive ketones (excluding diaryl/α,β-unsaturated/α-hetero) is 1. The predicted molar refractivity (Wildman–Crippen MR) is 109 cm³/mol. The van der Waals surface area contributed by atoms with Crippen molar-refractivity contribution in [3.8, 4) is 0 Å². The van der Waals surface area contributed by atoms with E-state index in [0.717, 1.165) is 16.0 Å². The minimum Gasteiger partial charge on any atom is -0.368 e. The molecule has 3 amide bonds. The summed E-state index contributed by atoms with van der Waals surface area (Å²) in [5.41, 5.74) is 8.42. The van der Waals surface area contributed by atoms with Crippen molar-refractivity contribution >= 4 is 35.3 Å². The van der Waals surface area contributed by atoms with E-state index in [4.69, 9.17) is 5.73 Å². The van der Waals surface area contributed by atoms with Crippen LogP contribution < -0.4 is 10.6 Å². The second kappa shape index (κ2) is 6.38. The number of benzene rings is 2. The van der Waals surface area contributed by atoms with Crippen molar-refractivity contribution in [1.82, 2.24) is 4.90 Å². The SMILES string of the molecule is CC(=O)c1ccc(N2C(=O)[C@@H]3[C@H](C2=O)[C@H](C(N)=O)N2C=Cc4ccccc4[C@@H]32)cc1. The first-order valence-electron chi connectivity index (χ1n) is 9.73. The highest BCUT2D eigenvalue weighted by molar-refractivity contribution is 6.24. The van der Waals surface area contributed by atoms with Gasteiger partial charge in [-0.25, -0.2) is 4.90 Å². The van der Waals surface area contributed by atoms with Gasteiger partial charge in [-0.05, 0) is 48.4 Å². The third-order valence-electron chi connectivity index (χ3n) is 6.29. The van der Waals surface area contributed by atoms with Gasteiger partial charge >= 0.3 is 0 Å². The fraction of sp³-hybridized carbons (Fsp3) is 0.217. The molecule has 30 heavy (non-hydrogen) atoms. The van der Waals surface area contributed by atoms with Crippen LogP contribution >= 0.6 is 0 Å². The van der Waals surface area contributed by atoms with Gasteiger partial charge in [0.1, 0.15) is 6.04 Å². The monoisotopic (exact) mass is 401 g/mol. The van der Waals surface area contributed by atoms with Gasteiger partial charge < -0.3 is 10.6 Å². The molecule has 2 aromatic carbocycles. The highest BCUT2D eigenvalue weighted by Gasteiger charge is 2.64. The van der Waals surface area contributed by atoms with Crippen molar-refractivity contribution in [1.29, 1.82) is 0 Å². The molecule has 0 aliphatic carbocycles. The van der Waals surface area contributed by atoms with Gasteiger partial charge in [0.2, 0.25) is 17.7 Å². The van der Waals surface area contributed by atoms with E-state index in [1.807, 2.05) is 30.3 Å². The molecular weight excluding hydrogens is 382 g/mol. The highest BCUT2D eigenvalue weighted by Crippen LogP contribution is 2.52. The third kappa shape index (κ3) is 2.38. The van der Waals surface area contributed by atoms with E-state index in [2.05, 4.69) is 0 Å². The fourth-order valence-corrected chi connectivity index (χ4v) is 4.98. The zero-order valence-electron chi connectivity index (χ0n) is 16.2. The summed E-state index contributed by atoms with van der Waals surface area (Å²) >= 11 is 0. The van der Waals surface area contributed by atoms with Gasteiger partial charge in [0.15, 0.2) is 5.78 Å². The average Bonchev–Trinajstić information content (AvgIpc) is 3.21. The summed E-state index contributed by atoms with van der Waals surface area (Å²) in [7, 11) is 0. The maximum absolute atomic E-state index is 13.5. The Labute approximate surface area is 172 Å². The van der Waals surface area contributed by atoms with E-state index < -0.39 is 35.7 Å². The molecule has 0 saturated carbocycles. The van der Waals surface area contributed by atoms with Crippen LogP contribution in [0.1, 0.15) is 34.5 Å². The first-order chi connectivity index (χ1) is 14.4. The number of hydrogen-bond donors (Lipinski definition) is 1. The molecule has 0 unspecified atom stereocenters. The maximum atomic E-state index is 13.5. The van der Waals surface area contributed by atoms with Crippen LogP contribution in [0.3, 0.4) is 0 Å². The van der Waals surface area contributed by atoms with Crippen molar-refractivity contribution in [2.45, 2.75) is 19.0 Å². The number of nitrogens with two attached hydrogens (primary N) is 1. The third-order valence-corrected chi connectivity index (χ3v) is 6.29. The zero-order valence-corrected chi connectivity index (χ0v) is 16.2.